The molecular weight excluding hydrogens is 127 g/mol. The maximum Gasteiger partial charge on any atom is 0.0967 e. The molecule has 0 spiro atoms. The summed E-state index contributed by atoms with van der Waals surface area (Å²) in [7, 11) is 1.00. The van der Waals surface area contributed by atoms with E-state index < -0.39 is 0 Å². The summed E-state index contributed by atoms with van der Waals surface area (Å²) in [5.74, 6) is 0. The van der Waals surface area contributed by atoms with Gasteiger partial charge in [-0.1, -0.05) is 0 Å². The number of aliphatic hydroxyl groups is 1. The standard InChI is InChI=1S/CH2Cl2.CH4O.H2O/c2-1-3;1-2;/h1H2;2H,1H3;1H2. The lowest BCUT2D eigenvalue weighted by molar-refractivity contribution is 0.399. The van der Waals surface area contributed by atoms with Gasteiger partial charge in [0.15, 0.2) is 0 Å². The Morgan fingerprint density at radius 2 is 1.33 bits per heavy atom. The van der Waals surface area contributed by atoms with Gasteiger partial charge in [0.1, 0.15) is 0 Å². The second-order valence-corrected chi connectivity index (χ2v) is 0.909. The number of hydrogen-bond acceptors (Lipinski definition) is 1. The summed E-state index contributed by atoms with van der Waals surface area (Å²) in [6.07, 6.45) is 0. The first kappa shape index (κ1) is 16.1. The summed E-state index contributed by atoms with van der Waals surface area (Å²) in [5.41, 5.74) is 0. The highest BCUT2D eigenvalue weighted by atomic mass is 35.5. The molecule has 4 heteroatoms. The summed E-state index contributed by atoms with van der Waals surface area (Å²) < 4.78 is 0. The molecule has 0 aliphatic carbocycles. The molecule has 0 bridgehead atoms. The van der Waals surface area contributed by atoms with Gasteiger partial charge in [-0.2, -0.15) is 0 Å². The Bertz CT molecular complexity index is 9.51. The van der Waals surface area contributed by atoms with E-state index in [9.17, 15) is 0 Å². The fraction of sp³-hybridized carbons (Fsp3) is 1.00. The summed E-state index contributed by atoms with van der Waals surface area (Å²) in [6, 6.07) is 0. The predicted molar refractivity (Wildman–Crippen MR) is 28.3 cm³/mol. The summed E-state index contributed by atoms with van der Waals surface area (Å²) in [5, 5.41) is 7.19. The highest BCUT2D eigenvalue weighted by Gasteiger charge is 1.41. The molecule has 0 amide bonds. The Kier molecular flexibility index (Phi) is 132. The van der Waals surface area contributed by atoms with Crippen LogP contribution < -0.4 is 0 Å². The maximum atomic E-state index is 7.00. The number of halogens is 2. The zero-order valence-electron chi connectivity index (χ0n) is 3.41. The van der Waals surface area contributed by atoms with Gasteiger partial charge < -0.3 is 10.6 Å². The molecule has 0 aliphatic rings. The van der Waals surface area contributed by atoms with Gasteiger partial charge in [-0.05, 0) is 0 Å². The molecule has 0 rings (SSSR count). The van der Waals surface area contributed by atoms with E-state index in [-0.39, 0.29) is 10.8 Å². The molecular formula is C2H8Cl2O2. The van der Waals surface area contributed by atoms with Crippen LogP contribution in [0.4, 0.5) is 0 Å². The number of aliphatic hydroxyl groups excluding tert-OH is 1. The third-order valence-electron chi connectivity index (χ3n) is 0. The number of rotatable bonds is 0. The van der Waals surface area contributed by atoms with E-state index in [0.29, 0.717) is 0 Å². The third kappa shape index (κ3) is 221. The number of hydrogen-bond donors (Lipinski definition) is 1. The normalized spacial score (nSPS) is 4.00. The maximum absolute atomic E-state index is 7.00. The van der Waals surface area contributed by atoms with Gasteiger partial charge in [0, 0.05) is 7.11 Å². The van der Waals surface area contributed by atoms with E-state index >= 15 is 0 Å². The van der Waals surface area contributed by atoms with Crippen molar-refractivity contribution < 1.29 is 10.6 Å². The molecule has 0 aromatic carbocycles. The van der Waals surface area contributed by atoms with E-state index in [0.717, 1.165) is 7.11 Å². The topological polar surface area (TPSA) is 51.7 Å². The van der Waals surface area contributed by atoms with Crippen molar-refractivity contribution in [2.24, 2.45) is 0 Å². The first-order valence-electron chi connectivity index (χ1n) is 0.982. The highest BCUT2D eigenvalue weighted by Crippen LogP contribution is 1.73. The van der Waals surface area contributed by atoms with Crippen molar-refractivity contribution in [2.75, 3.05) is 12.4 Å². The summed E-state index contributed by atoms with van der Waals surface area (Å²) in [6.45, 7) is 0. The lowest BCUT2D eigenvalue weighted by Crippen LogP contribution is -1.25. The van der Waals surface area contributed by atoms with Crippen LogP contribution in [0.15, 0.2) is 0 Å². The van der Waals surface area contributed by atoms with E-state index in [1.165, 1.54) is 0 Å². The van der Waals surface area contributed by atoms with Gasteiger partial charge in [-0.15, -0.1) is 23.2 Å². The largest absolute Gasteiger partial charge is 0.412 e. The van der Waals surface area contributed by atoms with Crippen LogP contribution >= 0.6 is 23.2 Å². The van der Waals surface area contributed by atoms with Crippen molar-refractivity contribution in [3.05, 3.63) is 0 Å². The molecule has 0 heterocycles. The Hall–Kier alpha value is 0.500. The fourth-order valence-electron chi connectivity index (χ4n) is 0. The van der Waals surface area contributed by atoms with Crippen molar-refractivity contribution in [1.29, 1.82) is 0 Å². The second kappa shape index (κ2) is 49.5. The van der Waals surface area contributed by atoms with Gasteiger partial charge in [0.05, 0.1) is 5.34 Å². The fourth-order valence-corrected chi connectivity index (χ4v) is 0. The van der Waals surface area contributed by atoms with Crippen LogP contribution in [0, 0.1) is 0 Å². The molecule has 6 heavy (non-hydrogen) atoms. The SMILES string of the molecule is CO.ClCCl.O. The molecule has 2 nitrogen and oxygen atoms in total. The summed E-state index contributed by atoms with van der Waals surface area (Å²) >= 11 is 9.53. The Balaban J connectivity index is -0.0000000275. The van der Waals surface area contributed by atoms with Crippen LogP contribution in [0.2, 0.25) is 0 Å². The van der Waals surface area contributed by atoms with E-state index in [2.05, 4.69) is 0 Å². The molecule has 0 aromatic rings. The van der Waals surface area contributed by atoms with Gasteiger partial charge >= 0.3 is 0 Å². The molecule has 42 valence electrons. The Labute approximate surface area is 47.0 Å². The van der Waals surface area contributed by atoms with Crippen LogP contribution in [0.1, 0.15) is 0 Å². The molecule has 0 unspecified atom stereocenters. The van der Waals surface area contributed by atoms with E-state index in [1.807, 2.05) is 0 Å². The average Bonchev–Trinajstić information content (AvgIpc) is 1.46. The van der Waals surface area contributed by atoms with Crippen LogP contribution in [0.3, 0.4) is 0 Å². The molecule has 0 radical (unpaired) electrons. The molecule has 0 atom stereocenters. The third-order valence-corrected chi connectivity index (χ3v) is 0. The molecule has 0 saturated heterocycles. The second-order valence-electron chi connectivity index (χ2n) is 0.101. The van der Waals surface area contributed by atoms with Gasteiger partial charge in [-0.25, -0.2) is 0 Å². The highest BCUT2D eigenvalue weighted by molar-refractivity contribution is 6.40. The van der Waals surface area contributed by atoms with Crippen LogP contribution in [-0.4, -0.2) is 23.0 Å². The zero-order valence-corrected chi connectivity index (χ0v) is 4.92. The minimum absolute atomic E-state index is 0. The first-order chi connectivity index (χ1) is 2.41. The minimum atomic E-state index is 0. The van der Waals surface area contributed by atoms with Crippen LogP contribution in [-0.2, 0) is 0 Å². The van der Waals surface area contributed by atoms with Gasteiger partial charge in [0.25, 0.3) is 0 Å². The quantitative estimate of drug-likeness (QED) is 0.474. The van der Waals surface area contributed by atoms with Gasteiger partial charge in [-0.3, -0.25) is 0 Å². The van der Waals surface area contributed by atoms with E-state index in [4.69, 9.17) is 28.3 Å². The first-order valence-corrected chi connectivity index (χ1v) is 2.05. The van der Waals surface area contributed by atoms with Crippen molar-refractivity contribution in [3.8, 4) is 0 Å². The monoisotopic (exact) mass is 134 g/mol. The predicted octanol–water partition coefficient (Wildman–Crippen LogP) is 0.205. The zero-order chi connectivity index (χ0) is 4.71. The molecule has 0 aromatic heterocycles. The van der Waals surface area contributed by atoms with Crippen molar-refractivity contribution >= 4 is 23.2 Å². The van der Waals surface area contributed by atoms with Gasteiger partial charge in [0.2, 0.25) is 0 Å². The molecule has 0 saturated carbocycles. The van der Waals surface area contributed by atoms with Crippen LogP contribution in [0.25, 0.3) is 0 Å². The summed E-state index contributed by atoms with van der Waals surface area (Å²) in [4.78, 5) is 0. The minimum Gasteiger partial charge on any atom is -0.412 e. The Morgan fingerprint density at radius 3 is 1.33 bits per heavy atom. The average molecular weight is 135 g/mol. The smallest absolute Gasteiger partial charge is 0.0967 e. The molecule has 0 aliphatic heterocycles. The molecule has 0 fully saturated rings. The van der Waals surface area contributed by atoms with Crippen LogP contribution in [0.5, 0.6) is 0 Å². The Morgan fingerprint density at radius 1 is 1.33 bits per heavy atom. The molecule has 3 N–H and O–H groups in total. The van der Waals surface area contributed by atoms with Crippen molar-refractivity contribution in [1.82, 2.24) is 0 Å². The van der Waals surface area contributed by atoms with Crippen molar-refractivity contribution in [3.63, 3.8) is 0 Å². The lowest BCUT2D eigenvalue weighted by atomic mass is 11.8. The van der Waals surface area contributed by atoms with E-state index in [1.54, 1.807) is 0 Å². The number of alkyl halides is 2. The lowest BCUT2D eigenvalue weighted by Gasteiger charge is -1.42. The van der Waals surface area contributed by atoms with Crippen molar-refractivity contribution in [2.45, 2.75) is 0 Å².